The minimum atomic E-state index is 0.731. The Kier molecular flexibility index (Phi) is 3.63. The van der Waals surface area contributed by atoms with Crippen LogP contribution in [0.25, 0.3) is 0 Å². The SMILES string of the molecule is [B]c1ccc(NC/C=C/C)c(N)c1C. The zero-order valence-electron chi connectivity index (χ0n) is 8.67. The number of rotatable bonds is 3. The topological polar surface area (TPSA) is 38.0 Å². The van der Waals surface area contributed by atoms with Crippen molar-refractivity contribution in [2.24, 2.45) is 0 Å². The maximum Gasteiger partial charge on any atom is 0.114 e. The molecule has 1 aromatic rings. The lowest BCUT2D eigenvalue weighted by Gasteiger charge is -2.11. The van der Waals surface area contributed by atoms with E-state index in [0.717, 1.165) is 28.9 Å². The van der Waals surface area contributed by atoms with Crippen LogP contribution in [0.2, 0.25) is 0 Å². The molecular formula is C11H15BN2. The van der Waals surface area contributed by atoms with Crippen LogP contribution in [0.5, 0.6) is 0 Å². The van der Waals surface area contributed by atoms with Crippen LogP contribution in [-0.4, -0.2) is 14.4 Å². The first-order valence-corrected chi connectivity index (χ1v) is 4.66. The van der Waals surface area contributed by atoms with E-state index in [9.17, 15) is 0 Å². The third kappa shape index (κ3) is 2.31. The quantitative estimate of drug-likeness (QED) is 0.425. The van der Waals surface area contributed by atoms with Gasteiger partial charge in [-0.2, -0.15) is 0 Å². The normalized spacial score (nSPS) is 10.7. The molecule has 0 unspecified atom stereocenters. The molecule has 0 amide bonds. The number of anilines is 2. The Morgan fingerprint density at radius 2 is 2.21 bits per heavy atom. The van der Waals surface area contributed by atoms with Crippen LogP contribution >= 0.6 is 0 Å². The third-order valence-electron chi connectivity index (χ3n) is 2.20. The zero-order valence-corrected chi connectivity index (χ0v) is 8.67. The third-order valence-corrected chi connectivity index (χ3v) is 2.20. The van der Waals surface area contributed by atoms with Crippen LogP contribution in [-0.2, 0) is 0 Å². The summed E-state index contributed by atoms with van der Waals surface area (Å²) in [6, 6.07) is 3.77. The van der Waals surface area contributed by atoms with Gasteiger partial charge in [-0.05, 0) is 25.5 Å². The second-order valence-electron chi connectivity index (χ2n) is 3.19. The molecule has 2 nitrogen and oxygen atoms in total. The van der Waals surface area contributed by atoms with Gasteiger partial charge in [0, 0.05) is 6.54 Å². The molecule has 0 atom stereocenters. The van der Waals surface area contributed by atoms with Gasteiger partial charge in [-0.1, -0.05) is 23.7 Å². The number of nitrogen functional groups attached to an aromatic ring is 1. The lowest BCUT2D eigenvalue weighted by atomic mass is 9.90. The van der Waals surface area contributed by atoms with Gasteiger partial charge in [0.05, 0.1) is 11.4 Å². The fourth-order valence-corrected chi connectivity index (χ4v) is 1.19. The monoisotopic (exact) mass is 186 g/mol. The highest BCUT2D eigenvalue weighted by Crippen LogP contribution is 2.19. The maximum atomic E-state index is 5.90. The molecule has 0 fully saturated rings. The Morgan fingerprint density at radius 3 is 2.86 bits per heavy atom. The number of nitrogens with one attached hydrogen (secondary N) is 1. The summed E-state index contributed by atoms with van der Waals surface area (Å²) in [6.45, 7) is 4.69. The molecule has 0 saturated heterocycles. The molecule has 0 aromatic heterocycles. The minimum absolute atomic E-state index is 0.731. The number of hydrogen-bond acceptors (Lipinski definition) is 2. The molecule has 1 rings (SSSR count). The Balaban J connectivity index is 2.83. The lowest BCUT2D eigenvalue weighted by molar-refractivity contribution is 1.32. The van der Waals surface area contributed by atoms with Crippen molar-refractivity contribution >= 4 is 24.7 Å². The van der Waals surface area contributed by atoms with Crippen LogP contribution in [0.15, 0.2) is 24.3 Å². The van der Waals surface area contributed by atoms with Crippen LogP contribution in [0.3, 0.4) is 0 Å². The molecule has 14 heavy (non-hydrogen) atoms. The van der Waals surface area contributed by atoms with Gasteiger partial charge in [-0.15, -0.1) is 0 Å². The van der Waals surface area contributed by atoms with Crippen molar-refractivity contribution in [2.75, 3.05) is 17.6 Å². The van der Waals surface area contributed by atoms with E-state index in [-0.39, 0.29) is 0 Å². The Hall–Kier alpha value is -1.38. The summed E-state index contributed by atoms with van der Waals surface area (Å²) in [5.74, 6) is 0. The number of hydrogen-bond donors (Lipinski definition) is 2. The average molecular weight is 186 g/mol. The van der Waals surface area contributed by atoms with Crippen molar-refractivity contribution in [3.8, 4) is 0 Å². The van der Waals surface area contributed by atoms with E-state index in [2.05, 4.69) is 5.32 Å². The first-order chi connectivity index (χ1) is 6.66. The molecule has 0 heterocycles. The average Bonchev–Trinajstić information content (AvgIpc) is 2.18. The first kappa shape index (κ1) is 10.7. The van der Waals surface area contributed by atoms with Gasteiger partial charge >= 0.3 is 0 Å². The van der Waals surface area contributed by atoms with Crippen LogP contribution in [0.1, 0.15) is 12.5 Å². The van der Waals surface area contributed by atoms with Gasteiger partial charge in [-0.25, -0.2) is 0 Å². The Morgan fingerprint density at radius 1 is 1.50 bits per heavy atom. The highest BCUT2D eigenvalue weighted by molar-refractivity contribution is 6.34. The fourth-order valence-electron chi connectivity index (χ4n) is 1.19. The summed E-state index contributed by atoms with van der Waals surface area (Å²) in [4.78, 5) is 0. The van der Waals surface area contributed by atoms with Crippen LogP contribution < -0.4 is 16.5 Å². The molecule has 0 aliphatic rings. The number of nitrogens with two attached hydrogens (primary N) is 1. The van der Waals surface area contributed by atoms with E-state index >= 15 is 0 Å². The van der Waals surface area contributed by atoms with Gasteiger partial charge < -0.3 is 11.1 Å². The molecule has 0 spiro atoms. The number of benzene rings is 1. The molecule has 0 aliphatic heterocycles. The summed E-state index contributed by atoms with van der Waals surface area (Å²) in [5.41, 5.74) is 9.25. The fraction of sp³-hybridized carbons (Fsp3) is 0.273. The van der Waals surface area contributed by atoms with Crippen molar-refractivity contribution in [3.63, 3.8) is 0 Å². The molecule has 2 radical (unpaired) electrons. The highest BCUT2D eigenvalue weighted by atomic mass is 14.9. The molecule has 3 heteroatoms. The van der Waals surface area contributed by atoms with E-state index in [0.29, 0.717) is 0 Å². The van der Waals surface area contributed by atoms with Gasteiger partial charge in [0.15, 0.2) is 0 Å². The molecule has 0 saturated carbocycles. The Bertz CT molecular complexity index is 345. The summed E-state index contributed by atoms with van der Waals surface area (Å²) < 4.78 is 0. The van der Waals surface area contributed by atoms with Crippen molar-refractivity contribution < 1.29 is 0 Å². The van der Waals surface area contributed by atoms with E-state index in [1.165, 1.54) is 0 Å². The second kappa shape index (κ2) is 4.75. The van der Waals surface area contributed by atoms with Crippen molar-refractivity contribution in [3.05, 3.63) is 29.8 Å². The van der Waals surface area contributed by atoms with E-state index in [1.807, 2.05) is 38.1 Å². The standard InChI is InChI=1S/C11H15BN2/c1-3-4-7-14-10-6-5-9(12)8(2)11(10)13/h3-6,14H,7,13H2,1-2H3/b4-3+. The lowest BCUT2D eigenvalue weighted by Crippen LogP contribution is -2.12. The van der Waals surface area contributed by atoms with Gasteiger partial charge in [0.2, 0.25) is 0 Å². The molecule has 0 aliphatic carbocycles. The predicted molar refractivity (Wildman–Crippen MR) is 64.3 cm³/mol. The maximum absolute atomic E-state index is 5.90. The van der Waals surface area contributed by atoms with Crippen molar-refractivity contribution in [1.29, 1.82) is 0 Å². The molecule has 3 N–H and O–H groups in total. The van der Waals surface area contributed by atoms with Gasteiger partial charge in [-0.3, -0.25) is 0 Å². The van der Waals surface area contributed by atoms with Crippen LogP contribution in [0.4, 0.5) is 11.4 Å². The Labute approximate surface area is 86.6 Å². The van der Waals surface area contributed by atoms with Gasteiger partial charge in [0.1, 0.15) is 7.85 Å². The summed E-state index contributed by atoms with van der Waals surface area (Å²) in [7, 11) is 5.72. The summed E-state index contributed by atoms with van der Waals surface area (Å²) in [6.07, 6.45) is 4.03. The predicted octanol–water partition coefficient (Wildman–Crippen LogP) is 1.36. The van der Waals surface area contributed by atoms with Gasteiger partial charge in [0.25, 0.3) is 0 Å². The summed E-state index contributed by atoms with van der Waals surface area (Å²) in [5, 5.41) is 3.21. The molecular weight excluding hydrogens is 171 g/mol. The summed E-state index contributed by atoms with van der Waals surface area (Å²) >= 11 is 0. The molecule has 1 aromatic carbocycles. The first-order valence-electron chi connectivity index (χ1n) is 4.66. The smallest absolute Gasteiger partial charge is 0.114 e. The molecule has 0 bridgehead atoms. The molecule has 72 valence electrons. The second-order valence-corrected chi connectivity index (χ2v) is 3.19. The minimum Gasteiger partial charge on any atom is -0.397 e. The van der Waals surface area contributed by atoms with Crippen LogP contribution in [0, 0.1) is 6.92 Å². The largest absolute Gasteiger partial charge is 0.397 e. The van der Waals surface area contributed by atoms with Crippen molar-refractivity contribution in [2.45, 2.75) is 13.8 Å². The van der Waals surface area contributed by atoms with E-state index in [4.69, 9.17) is 13.6 Å². The zero-order chi connectivity index (χ0) is 10.6. The van der Waals surface area contributed by atoms with E-state index in [1.54, 1.807) is 0 Å². The number of allylic oxidation sites excluding steroid dienone is 1. The highest BCUT2D eigenvalue weighted by Gasteiger charge is 2.02. The van der Waals surface area contributed by atoms with Crippen molar-refractivity contribution in [1.82, 2.24) is 0 Å². The van der Waals surface area contributed by atoms with E-state index < -0.39 is 0 Å².